The number of phenolic OH excluding ortho intramolecular Hbond substituents is 1. The van der Waals surface area contributed by atoms with Gasteiger partial charge >= 0.3 is 10.4 Å². The second-order valence-corrected chi connectivity index (χ2v) is 8.20. The van der Waals surface area contributed by atoms with Gasteiger partial charge in [0.1, 0.15) is 5.75 Å². The van der Waals surface area contributed by atoms with Crippen LogP contribution in [0.1, 0.15) is 43.2 Å². The normalized spacial score (nSPS) is 32.1. The van der Waals surface area contributed by atoms with Crippen molar-refractivity contribution in [1.29, 1.82) is 0 Å². The molecule has 0 unspecified atom stereocenters. The van der Waals surface area contributed by atoms with Crippen molar-refractivity contribution in [2.45, 2.75) is 50.0 Å². The molecule has 0 radical (unpaired) electrons. The highest BCUT2D eigenvalue weighted by Gasteiger charge is 2.52. The Morgan fingerprint density at radius 3 is 2.62 bits per heavy atom. The van der Waals surface area contributed by atoms with Gasteiger partial charge in [0.2, 0.25) is 0 Å². The van der Waals surface area contributed by atoms with Gasteiger partial charge in [-0.25, -0.2) is 0 Å². The predicted octanol–water partition coefficient (Wildman–Crippen LogP) is 2.43. The smallest absolute Gasteiger partial charge is 0.394 e. The minimum Gasteiger partial charge on any atom is -0.508 e. The number of likely N-dealkylation sites (N-methyl/N-ethyl adjacent to an activating group) is 1. The zero-order valence-electron chi connectivity index (χ0n) is 13.9. The molecule has 1 aromatic rings. The van der Waals surface area contributed by atoms with Crippen LogP contribution in [0.4, 0.5) is 0 Å². The molecule has 6 nitrogen and oxygen atoms in total. The summed E-state index contributed by atoms with van der Waals surface area (Å²) in [5.41, 5.74) is 3.36. The molecular formula is C17H25NO5S. The number of fused-ring (bicyclic) bond motifs is 1. The third-order valence-electron chi connectivity index (χ3n) is 6.10. The molecule has 4 rings (SSSR count). The summed E-state index contributed by atoms with van der Waals surface area (Å²) in [5.74, 6) is 1.27. The molecule has 2 aliphatic carbocycles. The van der Waals surface area contributed by atoms with Crippen LogP contribution in [0.3, 0.4) is 0 Å². The number of likely N-dealkylation sites (tertiary alicyclic amines) is 1. The molecule has 2 bridgehead atoms. The van der Waals surface area contributed by atoms with E-state index >= 15 is 0 Å². The maximum absolute atomic E-state index is 9.91. The second-order valence-electron chi connectivity index (χ2n) is 7.30. The lowest BCUT2D eigenvalue weighted by Crippen LogP contribution is -2.59. The molecule has 0 aromatic heterocycles. The van der Waals surface area contributed by atoms with Crippen LogP contribution in [0.25, 0.3) is 0 Å². The van der Waals surface area contributed by atoms with Gasteiger partial charge in [0.15, 0.2) is 0 Å². The molecular weight excluding hydrogens is 330 g/mol. The van der Waals surface area contributed by atoms with Gasteiger partial charge in [0, 0.05) is 11.5 Å². The van der Waals surface area contributed by atoms with Gasteiger partial charge in [-0.05, 0) is 68.5 Å². The Morgan fingerprint density at radius 2 is 1.92 bits per heavy atom. The van der Waals surface area contributed by atoms with Gasteiger partial charge < -0.3 is 10.0 Å². The van der Waals surface area contributed by atoms with Crippen molar-refractivity contribution in [3.05, 3.63) is 29.3 Å². The van der Waals surface area contributed by atoms with E-state index in [4.69, 9.17) is 17.5 Å². The lowest BCUT2D eigenvalue weighted by Gasteiger charge is -2.58. The molecule has 7 heteroatoms. The molecule has 1 heterocycles. The highest BCUT2D eigenvalue weighted by atomic mass is 32.3. The lowest BCUT2D eigenvalue weighted by molar-refractivity contribution is 0.00274. The Kier molecular flexibility index (Phi) is 4.63. The van der Waals surface area contributed by atoms with Crippen molar-refractivity contribution in [2.24, 2.45) is 5.92 Å². The van der Waals surface area contributed by atoms with Gasteiger partial charge in [-0.2, -0.15) is 8.42 Å². The van der Waals surface area contributed by atoms with Crippen molar-refractivity contribution >= 4 is 10.4 Å². The highest BCUT2D eigenvalue weighted by Crippen LogP contribution is 2.55. The van der Waals surface area contributed by atoms with Crippen LogP contribution in [0.5, 0.6) is 5.75 Å². The van der Waals surface area contributed by atoms with E-state index in [-0.39, 0.29) is 0 Å². The summed E-state index contributed by atoms with van der Waals surface area (Å²) >= 11 is 0. The number of piperidine rings is 1. The predicted molar refractivity (Wildman–Crippen MR) is 90.7 cm³/mol. The summed E-state index contributed by atoms with van der Waals surface area (Å²) in [5, 5.41) is 9.91. The van der Waals surface area contributed by atoms with E-state index in [9.17, 15) is 5.11 Å². The van der Waals surface area contributed by atoms with E-state index in [1.54, 1.807) is 0 Å². The third-order valence-corrected chi connectivity index (χ3v) is 6.10. The summed E-state index contributed by atoms with van der Waals surface area (Å²) in [6, 6.07) is 6.85. The molecule has 1 saturated carbocycles. The highest BCUT2D eigenvalue weighted by molar-refractivity contribution is 7.79. The van der Waals surface area contributed by atoms with Crippen LogP contribution >= 0.6 is 0 Å². The molecule has 3 N–H and O–H groups in total. The zero-order chi connectivity index (χ0) is 17.5. The number of aromatic hydroxyl groups is 1. The maximum Gasteiger partial charge on any atom is 0.394 e. The van der Waals surface area contributed by atoms with E-state index < -0.39 is 10.4 Å². The summed E-state index contributed by atoms with van der Waals surface area (Å²) in [6.07, 6.45) is 7.93. The minimum atomic E-state index is -4.67. The van der Waals surface area contributed by atoms with Crippen LogP contribution in [-0.2, 0) is 22.2 Å². The average molecular weight is 355 g/mol. The summed E-state index contributed by atoms with van der Waals surface area (Å²) in [7, 11) is -2.37. The fourth-order valence-electron chi connectivity index (χ4n) is 5.18. The number of phenols is 1. The Hall–Kier alpha value is -1.15. The van der Waals surface area contributed by atoms with Crippen molar-refractivity contribution < 1.29 is 22.6 Å². The lowest BCUT2D eigenvalue weighted by atomic mass is 9.52. The van der Waals surface area contributed by atoms with Crippen molar-refractivity contribution in [3.63, 3.8) is 0 Å². The van der Waals surface area contributed by atoms with Crippen molar-refractivity contribution in [1.82, 2.24) is 4.90 Å². The Bertz CT molecular complexity index is 712. The fraction of sp³-hybridized carbons (Fsp3) is 0.647. The third kappa shape index (κ3) is 3.31. The van der Waals surface area contributed by atoms with Gasteiger partial charge in [-0.3, -0.25) is 9.11 Å². The number of nitrogens with zero attached hydrogens (tertiary/aromatic N) is 1. The number of benzene rings is 1. The molecule has 3 atom stereocenters. The standard InChI is InChI=1S/C17H23NO.H2O4S/c1-18-9-8-17-7-3-2-4-14(17)16(18)10-12-5-6-13(19)11-15(12)17;1-5(2,3)4/h5-6,11,14,16,19H,2-4,7-10H2,1H3;(H2,1,2,3,4)/t14-,16+,17+;/m0./s1. The van der Waals surface area contributed by atoms with Gasteiger partial charge in [-0.1, -0.05) is 18.9 Å². The van der Waals surface area contributed by atoms with Crippen molar-refractivity contribution in [3.8, 4) is 5.75 Å². The molecule has 1 aromatic carbocycles. The molecule has 1 saturated heterocycles. The summed E-state index contributed by atoms with van der Waals surface area (Å²) in [4.78, 5) is 2.59. The first-order valence-corrected chi connectivity index (χ1v) is 9.83. The average Bonchev–Trinajstić information content (AvgIpc) is 2.50. The van der Waals surface area contributed by atoms with Crippen molar-refractivity contribution in [2.75, 3.05) is 13.6 Å². The minimum absolute atomic E-state index is 0.377. The van der Waals surface area contributed by atoms with Crippen LogP contribution in [0.2, 0.25) is 0 Å². The topological polar surface area (TPSA) is 98.1 Å². The number of hydrogen-bond acceptors (Lipinski definition) is 4. The van der Waals surface area contributed by atoms with E-state index in [1.807, 2.05) is 6.07 Å². The van der Waals surface area contributed by atoms with E-state index in [0.29, 0.717) is 11.2 Å². The van der Waals surface area contributed by atoms with Crippen LogP contribution in [0.15, 0.2) is 18.2 Å². The summed E-state index contributed by atoms with van der Waals surface area (Å²) in [6.45, 7) is 1.22. The Balaban J connectivity index is 0.000000300. The second kappa shape index (κ2) is 6.29. The monoisotopic (exact) mass is 355 g/mol. The van der Waals surface area contributed by atoms with Crippen LogP contribution in [0, 0.1) is 5.92 Å². The molecule has 0 amide bonds. The Morgan fingerprint density at radius 1 is 1.21 bits per heavy atom. The quantitative estimate of drug-likeness (QED) is 0.618. The molecule has 134 valence electrons. The summed E-state index contributed by atoms with van der Waals surface area (Å²) < 4.78 is 31.6. The first-order valence-electron chi connectivity index (χ1n) is 8.43. The first kappa shape index (κ1) is 17.7. The number of hydrogen-bond donors (Lipinski definition) is 3. The van der Waals surface area contributed by atoms with Crippen LogP contribution < -0.4 is 0 Å². The fourth-order valence-corrected chi connectivity index (χ4v) is 5.18. The maximum atomic E-state index is 9.91. The Labute approximate surface area is 143 Å². The SMILES string of the molecule is CN1CC[C@]23CCCC[C@H]2[C@H]1Cc1ccc(O)cc13.O=S(=O)(O)O. The molecule has 3 aliphatic rings. The molecule has 24 heavy (non-hydrogen) atoms. The first-order chi connectivity index (χ1) is 11.2. The van der Waals surface area contributed by atoms with Gasteiger partial charge in [0.05, 0.1) is 0 Å². The molecule has 2 fully saturated rings. The molecule has 1 aliphatic heterocycles. The van der Waals surface area contributed by atoms with Gasteiger partial charge in [-0.15, -0.1) is 0 Å². The number of rotatable bonds is 0. The zero-order valence-corrected chi connectivity index (χ0v) is 14.7. The van der Waals surface area contributed by atoms with Gasteiger partial charge in [0.25, 0.3) is 0 Å². The largest absolute Gasteiger partial charge is 0.508 e. The van der Waals surface area contributed by atoms with E-state index in [1.165, 1.54) is 56.2 Å². The molecule has 0 spiro atoms. The van der Waals surface area contributed by atoms with E-state index in [2.05, 4.69) is 24.1 Å². The van der Waals surface area contributed by atoms with Crippen LogP contribution in [-0.4, -0.2) is 47.2 Å². The van der Waals surface area contributed by atoms with E-state index in [0.717, 1.165) is 12.0 Å².